The van der Waals surface area contributed by atoms with Crippen LogP contribution in [0.15, 0.2) is 23.1 Å². The Bertz CT molecular complexity index is 715. The first-order valence-corrected chi connectivity index (χ1v) is 8.99. The number of hydrogen-bond acceptors (Lipinski definition) is 4. The Labute approximate surface area is 136 Å². The first-order chi connectivity index (χ1) is 10.8. The first kappa shape index (κ1) is 17.4. The van der Waals surface area contributed by atoms with Crippen LogP contribution in [0.3, 0.4) is 0 Å². The van der Waals surface area contributed by atoms with Crippen LogP contribution in [0.2, 0.25) is 0 Å². The highest BCUT2D eigenvalue weighted by atomic mass is 32.2. The molecule has 1 aliphatic heterocycles. The molecular weight excluding hydrogens is 318 g/mol. The van der Waals surface area contributed by atoms with Crippen LogP contribution in [0.4, 0.5) is 5.69 Å². The number of anilines is 1. The van der Waals surface area contributed by atoms with Gasteiger partial charge in [0.15, 0.2) is 0 Å². The average molecular weight is 339 g/mol. The van der Waals surface area contributed by atoms with Crippen LogP contribution in [0, 0.1) is 0 Å². The highest BCUT2D eigenvalue weighted by Gasteiger charge is 2.26. The van der Waals surface area contributed by atoms with Crippen molar-refractivity contribution in [3.05, 3.63) is 23.8 Å². The lowest BCUT2D eigenvalue weighted by molar-refractivity contribution is -0.120. The first-order valence-electron chi connectivity index (χ1n) is 7.51. The number of carbonyl (C=O) groups excluding carboxylic acids is 2. The van der Waals surface area contributed by atoms with Gasteiger partial charge in [0.1, 0.15) is 0 Å². The van der Waals surface area contributed by atoms with E-state index in [1.54, 1.807) is 13.1 Å². The third kappa shape index (κ3) is 4.08. The van der Waals surface area contributed by atoms with Gasteiger partial charge in [-0.2, -0.15) is 0 Å². The van der Waals surface area contributed by atoms with Crippen LogP contribution in [0.1, 0.15) is 25.3 Å². The molecule has 0 saturated carbocycles. The molecule has 0 aromatic heterocycles. The van der Waals surface area contributed by atoms with Crippen molar-refractivity contribution in [1.29, 1.82) is 0 Å². The van der Waals surface area contributed by atoms with Gasteiger partial charge in [0.2, 0.25) is 21.8 Å². The van der Waals surface area contributed by atoms with Gasteiger partial charge in [-0.3, -0.25) is 9.59 Å². The fourth-order valence-corrected chi connectivity index (χ4v) is 3.36. The molecule has 0 fully saturated rings. The van der Waals surface area contributed by atoms with Gasteiger partial charge in [-0.05, 0) is 30.2 Å². The third-order valence-corrected chi connectivity index (χ3v) is 5.11. The van der Waals surface area contributed by atoms with Crippen molar-refractivity contribution in [2.24, 2.45) is 0 Å². The van der Waals surface area contributed by atoms with Crippen molar-refractivity contribution in [2.45, 2.75) is 31.1 Å². The fourth-order valence-electron chi connectivity index (χ4n) is 2.32. The van der Waals surface area contributed by atoms with Crippen LogP contribution in [0.25, 0.3) is 0 Å². The quantitative estimate of drug-likeness (QED) is 0.703. The van der Waals surface area contributed by atoms with Gasteiger partial charge in [0.05, 0.1) is 17.9 Å². The molecule has 2 rings (SSSR count). The molecule has 23 heavy (non-hydrogen) atoms. The SMILES string of the molecule is CCCCNC(=O)CNS(=O)(=O)c1ccc2c(c1)CC(=O)N2C. The Morgan fingerprint density at radius 2 is 2.09 bits per heavy atom. The van der Waals surface area contributed by atoms with E-state index >= 15 is 0 Å². The molecule has 1 aliphatic rings. The standard InChI is InChI=1S/C15H21N3O4S/c1-3-4-7-16-14(19)10-17-23(21,22)12-5-6-13-11(8-12)9-15(20)18(13)2/h5-6,8,17H,3-4,7,9-10H2,1-2H3,(H,16,19). The van der Waals surface area contributed by atoms with Crippen molar-refractivity contribution in [2.75, 3.05) is 25.0 Å². The summed E-state index contributed by atoms with van der Waals surface area (Å²) in [6.45, 7) is 2.23. The smallest absolute Gasteiger partial charge is 0.241 e. The number of nitrogens with zero attached hydrogens (tertiary/aromatic N) is 1. The number of hydrogen-bond donors (Lipinski definition) is 2. The predicted octanol–water partition coefficient (Wildman–Crippen LogP) is 0.400. The summed E-state index contributed by atoms with van der Waals surface area (Å²) in [7, 11) is -2.13. The highest BCUT2D eigenvalue weighted by Crippen LogP contribution is 2.29. The van der Waals surface area contributed by atoms with Gasteiger partial charge in [0, 0.05) is 19.3 Å². The molecular formula is C15H21N3O4S. The molecule has 1 aromatic rings. The minimum atomic E-state index is -3.78. The number of rotatable bonds is 7. The monoisotopic (exact) mass is 339 g/mol. The number of fused-ring (bicyclic) bond motifs is 1. The van der Waals surface area contributed by atoms with E-state index in [1.807, 2.05) is 6.92 Å². The Morgan fingerprint density at radius 1 is 1.35 bits per heavy atom. The number of likely N-dealkylation sites (N-methyl/N-ethyl adjacent to an activating group) is 1. The maximum Gasteiger partial charge on any atom is 0.241 e. The zero-order chi connectivity index (χ0) is 17.0. The minimum Gasteiger partial charge on any atom is -0.355 e. The van der Waals surface area contributed by atoms with E-state index in [4.69, 9.17) is 0 Å². The Balaban J connectivity index is 2.02. The zero-order valence-corrected chi connectivity index (χ0v) is 14.1. The van der Waals surface area contributed by atoms with Crippen molar-refractivity contribution in [1.82, 2.24) is 10.0 Å². The van der Waals surface area contributed by atoms with Gasteiger partial charge in [0.25, 0.3) is 0 Å². The molecule has 1 aromatic carbocycles. The summed E-state index contributed by atoms with van der Waals surface area (Å²) in [4.78, 5) is 24.8. The zero-order valence-electron chi connectivity index (χ0n) is 13.3. The third-order valence-electron chi connectivity index (χ3n) is 3.71. The van der Waals surface area contributed by atoms with E-state index in [9.17, 15) is 18.0 Å². The second-order valence-corrected chi connectivity index (χ2v) is 7.22. The van der Waals surface area contributed by atoms with Crippen molar-refractivity contribution < 1.29 is 18.0 Å². The topological polar surface area (TPSA) is 95.6 Å². The van der Waals surface area contributed by atoms with Crippen molar-refractivity contribution >= 4 is 27.5 Å². The van der Waals surface area contributed by atoms with Crippen molar-refractivity contribution in [3.63, 3.8) is 0 Å². The molecule has 0 atom stereocenters. The number of amides is 2. The van der Waals surface area contributed by atoms with Crippen LogP contribution < -0.4 is 14.9 Å². The molecule has 8 heteroatoms. The second-order valence-electron chi connectivity index (χ2n) is 5.45. The molecule has 126 valence electrons. The maximum absolute atomic E-state index is 12.2. The van der Waals surface area contributed by atoms with Crippen LogP contribution in [-0.2, 0) is 26.0 Å². The largest absolute Gasteiger partial charge is 0.355 e. The molecule has 0 saturated heterocycles. The Hall–Kier alpha value is -1.93. The lowest BCUT2D eigenvalue weighted by Gasteiger charge is -2.11. The van der Waals surface area contributed by atoms with Crippen LogP contribution in [-0.4, -0.2) is 40.4 Å². The van der Waals surface area contributed by atoms with E-state index in [0.29, 0.717) is 17.8 Å². The summed E-state index contributed by atoms with van der Waals surface area (Å²) in [5, 5.41) is 2.64. The molecule has 1 heterocycles. The molecule has 0 unspecified atom stereocenters. The number of unbranched alkanes of at least 4 members (excludes halogenated alkanes) is 1. The molecule has 0 radical (unpaired) electrons. The lowest BCUT2D eigenvalue weighted by atomic mass is 10.2. The fraction of sp³-hybridized carbons (Fsp3) is 0.467. The lowest BCUT2D eigenvalue weighted by Crippen LogP contribution is -2.37. The summed E-state index contributed by atoms with van der Waals surface area (Å²) < 4.78 is 26.8. The van der Waals surface area contributed by atoms with Crippen LogP contribution in [0.5, 0.6) is 0 Å². The van der Waals surface area contributed by atoms with Gasteiger partial charge < -0.3 is 10.2 Å². The molecule has 7 nitrogen and oxygen atoms in total. The van der Waals surface area contributed by atoms with Gasteiger partial charge in [-0.15, -0.1) is 0 Å². The number of benzene rings is 1. The summed E-state index contributed by atoms with van der Waals surface area (Å²) in [5.41, 5.74) is 1.39. The molecule has 2 amide bonds. The van der Waals surface area contributed by atoms with E-state index in [2.05, 4.69) is 10.0 Å². The molecule has 0 aliphatic carbocycles. The van der Waals surface area contributed by atoms with E-state index in [1.165, 1.54) is 17.0 Å². The van der Waals surface area contributed by atoms with Gasteiger partial charge in [-0.1, -0.05) is 13.3 Å². The molecule has 0 bridgehead atoms. The normalized spacial score (nSPS) is 14.0. The Morgan fingerprint density at radius 3 is 2.78 bits per heavy atom. The van der Waals surface area contributed by atoms with E-state index in [-0.39, 0.29) is 29.7 Å². The summed E-state index contributed by atoms with van der Waals surface area (Å²) in [6.07, 6.45) is 1.99. The average Bonchev–Trinajstić information content (AvgIpc) is 2.80. The summed E-state index contributed by atoms with van der Waals surface area (Å²) in [5.74, 6) is -0.434. The van der Waals surface area contributed by atoms with E-state index < -0.39 is 10.0 Å². The highest BCUT2D eigenvalue weighted by molar-refractivity contribution is 7.89. The molecule has 0 spiro atoms. The number of sulfonamides is 1. The van der Waals surface area contributed by atoms with E-state index in [0.717, 1.165) is 12.8 Å². The van der Waals surface area contributed by atoms with Crippen LogP contribution >= 0.6 is 0 Å². The predicted molar refractivity (Wildman–Crippen MR) is 86.7 cm³/mol. The summed E-state index contributed by atoms with van der Waals surface area (Å²) >= 11 is 0. The van der Waals surface area contributed by atoms with Crippen molar-refractivity contribution in [3.8, 4) is 0 Å². The molecule has 2 N–H and O–H groups in total. The van der Waals surface area contributed by atoms with Gasteiger partial charge >= 0.3 is 0 Å². The number of nitrogens with one attached hydrogen (secondary N) is 2. The summed E-state index contributed by atoms with van der Waals surface area (Å²) in [6, 6.07) is 4.52. The minimum absolute atomic E-state index is 0.0562. The van der Waals surface area contributed by atoms with Gasteiger partial charge in [-0.25, -0.2) is 13.1 Å². The Kier molecular flexibility index (Phi) is 5.38. The second kappa shape index (κ2) is 7.10. The maximum atomic E-state index is 12.2. The number of carbonyl (C=O) groups is 2.